The third-order valence-corrected chi connectivity index (χ3v) is 5.79. The number of benzene rings is 1. The molecule has 8 nitrogen and oxygen atoms in total. The van der Waals surface area contributed by atoms with Gasteiger partial charge in [-0.2, -0.15) is 0 Å². The third-order valence-electron chi connectivity index (χ3n) is 5.79. The number of amides is 2. The number of rotatable bonds is 6. The summed E-state index contributed by atoms with van der Waals surface area (Å²) in [6.07, 6.45) is 8.91. The molecule has 0 aliphatic heterocycles. The van der Waals surface area contributed by atoms with Crippen LogP contribution in [0.25, 0.3) is 5.65 Å². The summed E-state index contributed by atoms with van der Waals surface area (Å²) in [5.74, 6) is 1.75. The lowest BCUT2D eigenvalue weighted by Gasteiger charge is -2.19. The summed E-state index contributed by atoms with van der Waals surface area (Å²) in [6, 6.07) is 10.8. The van der Waals surface area contributed by atoms with Crippen molar-refractivity contribution in [2.75, 3.05) is 10.6 Å². The van der Waals surface area contributed by atoms with E-state index in [0.29, 0.717) is 28.8 Å². The third kappa shape index (κ3) is 4.68. The molecule has 0 bridgehead atoms. The van der Waals surface area contributed by atoms with E-state index < -0.39 is 0 Å². The molecule has 2 fully saturated rings. The maximum atomic E-state index is 12.5. The maximum Gasteiger partial charge on any atom is 0.237 e. The SMILES string of the molecule is O=C(Nc1cccc(Oc2ccc3nc(NC(=O)C4CCCCC4)cn3n2)c1)C1CC1. The fraction of sp³-hybridized carbons (Fsp3) is 0.391. The minimum Gasteiger partial charge on any atom is -0.438 e. The van der Waals surface area contributed by atoms with Gasteiger partial charge in [0.2, 0.25) is 17.7 Å². The van der Waals surface area contributed by atoms with Crippen LogP contribution in [0.15, 0.2) is 42.6 Å². The first kappa shape index (κ1) is 19.5. The zero-order valence-electron chi connectivity index (χ0n) is 17.2. The van der Waals surface area contributed by atoms with Crippen LogP contribution < -0.4 is 15.4 Å². The van der Waals surface area contributed by atoms with Crippen molar-refractivity contribution in [3.63, 3.8) is 0 Å². The van der Waals surface area contributed by atoms with E-state index in [9.17, 15) is 9.59 Å². The molecule has 0 radical (unpaired) electrons. The normalized spacial score (nSPS) is 16.8. The van der Waals surface area contributed by atoms with Gasteiger partial charge in [0.25, 0.3) is 0 Å². The number of imidazole rings is 1. The van der Waals surface area contributed by atoms with Crippen molar-refractivity contribution >= 4 is 29.0 Å². The Morgan fingerprint density at radius 1 is 0.935 bits per heavy atom. The molecule has 2 aromatic heterocycles. The Kier molecular flexibility index (Phi) is 5.28. The Labute approximate surface area is 180 Å². The zero-order chi connectivity index (χ0) is 21.2. The van der Waals surface area contributed by atoms with Gasteiger partial charge in [0.05, 0.1) is 6.20 Å². The number of hydrogen-bond donors (Lipinski definition) is 2. The Balaban J connectivity index is 1.26. The molecular formula is C23H25N5O3. The van der Waals surface area contributed by atoms with Gasteiger partial charge in [-0.25, -0.2) is 9.50 Å². The van der Waals surface area contributed by atoms with Crippen molar-refractivity contribution in [3.05, 3.63) is 42.6 Å². The largest absolute Gasteiger partial charge is 0.438 e. The molecule has 3 aromatic rings. The van der Waals surface area contributed by atoms with Crippen LogP contribution in [0.1, 0.15) is 44.9 Å². The van der Waals surface area contributed by atoms with Crippen molar-refractivity contribution < 1.29 is 14.3 Å². The van der Waals surface area contributed by atoms with Crippen LogP contribution in [0.4, 0.5) is 11.5 Å². The van der Waals surface area contributed by atoms with E-state index in [-0.39, 0.29) is 23.7 Å². The van der Waals surface area contributed by atoms with Crippen LogP contribution in [0.2, 0.25) is 0 Å². The van der Waals surface area contributed by atoms with Gasteiger partial charge in [-0.3, -0.25) is 9.59 Å². The number of anilines is 2. The highest BCUT2D eigenvalue weighted by molar-refractivity contribution is 5.94. The lowest BCUT2D eigenvalue weighted by Crippen LogP contribution is -2.24. The van der Waals surface area contributed by atoms with Gasteiger partial charge in [-0.15, -0.1) is 5.10 Å². The van der Waals surface area contributed by atoms with Gasteiger partial charge >= 0.3 is 0 Å². The predicted molar refractivity (Wildman–Crippen MR) is 116 cm³/mol. The molecule has 1 aromatic carbocycles. The number of carbonyl (C=O) groups is 2. The Hall–Kier alpha value is -3.42. The molecule has 2 aliphatic rings. The van der Waals surface area contributed by atoms with E-state index in [0.717, 1.165) is 38.5 Å². The molecule has 0 unspecified atom stereocenters. The van der Waals surface area contributed by atoms with Crippen molar-refractivity contribution in [1.82, 2.24) is 14.6 Å². The number of ether oxygens (including phenoxy) is 1. The van der Waals surface area contributed by atoms with E-state index in [1.807, 2.05) is 18.2 Å². The molecule has 5 rings (SSSR count). The molecule has 2 N–H and O–H groups in total. The number of hydrogen-bond acceptors (Lipinski definition) is 5. The number of nitrogens with one attached hydrogen (secondary N) is 2. The minimum atomic E-state index is 0.0321. The highest BCUT2D eigenvalue weighted by atomic mass is 16.5. The quantitative estimate of drug-likeness (QED) is 0.618. The highest BCUT2D eigenvalue weighted by Gasteiger charge is 2.29. The number of aromatic nitrogens is 3. The van der Waals surface area contributed by atoms with E-state index in [2.05, 4.69) is 20.7 Å². The number of nitrogens with zero attached hydrogens (tertiary/aromatic N) is 3. The fourth-order valence-electron chi connectivity index (χ4n) is 3.92. The van der Waals surface area contributed by atoms with E-state index >= 15 is 0 Å². The molecule has 0 saturated heterocycles. The molecule has 160 valence electrons. The molecule has 0 atom stereocenters. The van der Waals surface area contributed by atoms with E-state index in [1.54, 1.807) is 28.9 Å². The van der Waals surface area contributed by atoms with Crippen molar-refractivity contribution in [3.8, 4) is 11.6 Å². The van der Waals surface area contributed by atoms with Crippen LogP contribution in [0, 0.1) is 11.8 Å². The topological polar surface area (TPSA) is 97.6 Å². The Bertz CT molecular complexity index is 1120. The number of fused-ring (bicyclic) bond motifs is 1. The molecule has 2 amide bonds. The monoisotopic (exact) mass is 419 g/mol. The second-order valence-corrected chi connectivity index (χ2v) is 8.32. The van der Waals surface area contributed by atoms with E-state index in [1.165, 1.54) is 6.42 Å². The summed E-state index contributed by atoms with van der Waals surface area (Å²) in [7, 11) is 0. The highest BCUT2D eigenvalue weighted by Crippen LogP contribution is 2.31. The van der Waals surface area contributed by atoms with Crippen LogP contribution in [-0.4, -0.2) is 26.4 Å². The van der Waals surface area contributed by atoms with Gasteiger partial charge in [0, 0.05) is 29.7 Å². The molecule has 8 heteroatoms. The van der Waals surface area contributed by atoms with Gasteiger partial charge < -0.3 is 15.4 Å². The first-order valence-electron chi connectivity index (χ1n) is 10.9. The first-order valence-corrected chi connectivity index (χ1v) is 10.9. The van der Waals surface area contributed by atoms with Crippen LogP contribution >= 0.6 is 0 Å². The van der Waals surface area contributed by atoms with Gasteiger partial charge in [-0.05, 0) is 43.9 Å². The second-order valence-electron chi connectivity index (χ2n) is 8.32. The molecule has 2 saturated carbocycles. The van der Waals surface area contributed by atoms with Crippen LogP contribution in [-0.2, 0) is 9.59 Å². The summed E-state index contributed by atoms with van der Waals surface area (Å²) >= 11 is 0. The predicted octanol–water partition coefficient (Wildman–Crippen LogP) is 4.39. The molecule has 2 heterocycles. The van der Waals surface area contributed by atoms with Crippen molar-refractivity contribution in [2.24, 2.45) is 11.8 Å². The molecule has 31 heavy (non-hydrogen) atoms. The number of carbonyl (C=O) groups excluding carboxylic acids is 2. The van der Waals surface area contributed by atoms with Gasteiger partial charge in [0.15, 0.2) is 11.5 Å². The Morgan fingerprint density at radius 3 is 2.52 bits per heavy atom. The lowest BCUT2D eigenvalue weighted by molar-refractivity contribution is -0.120. The average molecular weight is 419 g/mol. The fourth-order valence-corrected chi connectivity index (χ4v) is 3.92. The zero-order valence-corrected chi connectivity index (χ0v) is 17.2. The average Bonchev–Trinajstić information content (AvgIpc) is 3.55. The van der Waals surface area contributed by atoms with Gasteiger partial charge in [0.1, 0.15) is 5.75 Å². The lowest BCUT2D eigenvalue weighted by atomic mass is 9.89. The van der Waals surface area contributed by atoms with Crippen LogP contribution in [0.3, 0.4) is 0 Å². The molecular weight excluding hydrogens is 394 g/mol. The smallest absolute Gasteiger partial charge is 0.237 e. The molecule has 2 aliphatic carbocycles. The molecule has 0 spiro atoms. The summed E-state index contributed by atoms with van der Waals surface area (Å²) < 4.78 is 7.46. The first-order chi connectivity index (χ1) is 15.1. The summed E-state index contributed by atoms with van der Waals surface area (Å²) in [5.41, 5.74) is 1.32. The second kappa shape index (κ2) is 8.37. The maximum absolute atomic E-state index is 12.5. The van der Waals surface area contributed by atoms with E-state index in [4.69, 9.17) is 4.74 Å². The Morgan fingerprint density at radius 2 is 1.71 bits per heavy atom. The van der Waals surface area contributed by atoms with Crippen molar-refractivity contribution in [1.29, 1.82) is 0 Å². The summed E-state index contributed by atoms with van der Waals surface area (Å²) in [4.78, 5) is 28.9. The van der Waals surface area contributed by atoms with Crippen LogP contribution in [0.5, 0.6) is 11.6 Å². The summed E-state index contributed by atoms with van der Waals surface area (Å²) in [5, 5.41) is 10.3. The van der Waals surface area contributed by atoms with Crippen molar-refractivity contribution in [2.45, 2.75) is 44.9 Å². The van der Waals surface area contributed by atoms with Gasteiger partial charge in [-0.1, -0.05) is 25.3 Å². The minimum absolute atomic E-state index is 0.0321. The standard InChI is InChI=1S/C23H25N5O3/c29-22(16-9-10-16)24-17-7-4-8-18(13-17)31-21-12-11-20-25-19(14-28(20)27-21)26-23(30)15-5-2-1-3-6-15/h4,7-8,11-16H,1-3,5-6,9-10H2,(H,24,29)(H,26,30). The summed E-state index contributed by atoms with van der Waals surface area (Å²) in [6.45, 7) is 0.